The van der Waals surface area contributed by atoms with Gasteiger partial charge in [0, 0.05) is 50.7 Å². The van der Waals surface area contributed by atoms with Crippen LogP contribution in [0.4, 0.5) is 11.4 Å². The van der Waals surface area contributed by atoms with Crippen molar-refractivity contribution >= 4 is 52.4 Å². The number of benzene rings is 1. The van der Waals surface area contributed by atoms with E-state index in [0.717, 1.165) is 13.8 Å². The molecule has 0 aromatic heterocycles. The summed E-state index contributed by atoms with van der Waals surface area (Å²) in [6, 6.07) is 0.323. The summed E-state index contributed by atoms with van der Waals surface area (Å²) >= 11 is 0. The minimum atomic E-state index is -2.85. The van der Waals surface area contributed by atoms with Crippen LogP contribution in [-0.4, -0.2) is 107 Å². The van der Waals surface area contributed by atoms with Crippen LogP contribution in [0.15, 0.2) is 23.0 Å². The number of rotatable bonds is 7. The lowest BCUT2D eigenvalue weighted by Gasteiger charge is -2.50. The van der Waals surface area contributed by atoms with Crippen LogP contribution in [0.3, 0.4) is 0 Å². The summed E-state index contributed by atoms with van der Waals surface area (Å²) < 4.78 is 5.56. The quantitative estimate of drug-likeness (QED) is 0.135. The fourth-order valence-electron chi connectivity index (χ4n) is 6.76. The van der Waals surface area contributed by atoms with Crippen LogP contribution in [-0.2, 0) is 35.2 Å². The molecule has 0 aliphatic heterocycles. The van der Waals surface area contributed by atoms with Crippen molar-refractivity contribution < 1.29 is 48.8 Å². The van der Waals surface area contributed by atoms with Crippen molar-refractivity contribution in [3.05, 3.63) is 34.1 Å². The number of aliphatic hydroxyl groups excluding tert-OH is 2. The lowest BCUT2D eigenvalue weighted by atomic mass is 9.57. The van der Waals surface area contributed by atoms with E-state index in [1.807, 2.05) is 26.1 Å². The Morgan fingerprint density at radius 2 is 1.69 bits per heavy atom. The number of likely N-dealkylation sites (N-methyl/N-ethyl adjacent to an activating group) is 1. The number of imide groups is 1. The third-order valence-electron chi connectivity index (χ3n) is 8.73. The number of anilines is 2. The van der Waals surface area contributed by atoms with Gasteiger partial charge in [-0.25, -0.2) is 0 Å². The zero-order valence-corrected chi connectivity index (χ0v) is 28.5. The molecule has 0 radical (unpaired) electrons. The Balaban J connectivity index is 1.97. The number of fused-ring (bicyclic) bond motifs is 3. The van der Waals surface area contributed by atoms with Crippen molar-refractivity contribution in [1.29, 1.82) is 0 Å². The second kappa shape index (κ2) is 12.8. The van der Waals surface area contributed by atoms with Crippen LogP contribution in [0.25, 0.3) is 5.76 Å². The summed E-state index contributed by atoms with van der Waals surface area (Å²) in [5.41, 5.74) is -3.56. The van der Waals surface area contributed by atoms with Gasteiger partial charge in [-0.3, -0.25) is 39.0 Å². The smallest absolute Gasteiger partial charge is 0.308 e. The number of amides is 3. The monoisotopic (exact) mass is 669 g/mol. The highest BCUT2D eigenvalue weighted by Gasteiger charge is 2.64. The Morgan fingerprint density at radius 1 is 1.06 bits per heavy atom. The van der Waals surface area contributed by atoms with Gasteiger partial charge in [-0.15, -0.1) is 0 Å². The van der Waals surface area contributed by atoms with Gasteiger partial charge in [-0.2, -0.15) is 0 Å². The molecule has 0 heterocycles. The van der Waals surface area contributed by atoms with Gasteiger partial charge in [-0.05, 0) is 65.3 Å². The molecule has 48 heavy (non-hydrogen) atoms. The first-order chi connectivity index (χ1) is 22.1. The molecular formula is C33H43N5O10. The number of carbonyl (C=O) groups excluding carboxylic acids is 6. The minimum absolute atomic E-state index is 0.0284. The maximum absolute atomic E-state index is 14.4. The summed E-state index contributed by atoms with van der Waals surface area (Å²) in [6.07, 6.45) is -0.0147. The molecule has 1 fully saturated rings. The van der Waals surface area contributed by atoms with Gasteiger partial charge >= 0.3 is 5.97 Å². The molecule has 0 unspecified atom stereocenters. The van der Waals surface area contributed by atoms with Gasteiger partial charge in [0.25, 0.3) is 5.91 Å². The molecule has 0 saturated heterocycles. The van der Waals surface area contributed by atoms with Crippen LogP contribution in [0.1, 0.15) is 52.2 Å². The minimum Gasteiger partial charge on any atom is -0.508 e. The van der Waals surface area contributed by atoms with Gasteiger partial charge < -0.3 is 35.6 Å². The van der Waals surface area contributed by atoms with Crippen LogP contribution >= 0.6 is 0 Å². The number of Topliss-reactive ketones (excluding diaryl/α,β-unsaturated/α-hetero) is 2. The highest BCUT2D eigenvalue weighted by atomic mass is 16.5. The Bertz CT molecular complexity index is 1690. The Labute approximate surface area is 278 Å². The zero-order valence-electron chi connectivity index (χ0n) is 28.5. The molecule has 4 atom stereocenters. The number of ketones is 2. The average Bonchev–Trinajstić information content (AvgIpc) is 2.93. The van der Waals surface area contributed by atoms with E-state index in [-0.39, 0.29) is 47.5 Å². The number of carbonyl (C=O) groups is 6. The van der Waals surface area contributed by atoms with Crippen LogP contribution in [0.5, 0.6) is 5.75 Å². The van der Waals surface area contributed by atoms with Gasteiger partial charge in [-0.1, -0.05) is 0 Å². The van der Waals surface area contributed by atoms with E-state index in [2.05, 4.69) is 10.6 Å². The first-order valence-corrected chi connectivity index (χ1v) is 15.4. The fraction of sp³-hybridized carbons (Fsp3) is 0.515. The molecule has 3 amide bonds. The second-order valence-electron chi connectivity index (χ2n) is 13.9. The van der Waals surface area contributed by atoms with Gasteiger partial charge in [0.1, 0.15) is 17.1 Å². The first-order valence-electron chi connectivity index (χ1n) is 15.4. The van der Waals surface area contributed by atoms with Crippen LogP contribution in [0, 0.1) is 11.8 Å². The van der Waals surface area contributed by atoms with Crippen molar-refractivity contribution in [3.63, 3.8) is 0 Å². The van der Waals surface area contributed by atoms with E-state index < -0.39 is 75.8 Å². The summed E-state index contributed by atoms with van der Waals surface area (Å²) in [7, 11) is 6.48. The molecule has 260 valence electrons. The number of hydrogen-bond acceptors (Lipinski definition) is 13. The number of aliphatic hydroxyl groups is 3. The van der Waals surface area contributed by atoms with Crippen molar-refractivity contribution in [2.75, 3.05) is 45.0 Å². The van der Waals surface area contributed by atoms with Gasteiger partial charge in [0.05, 0.1) is 23.8 Å². The van der Waals surface area contributed by atoms with Crippen molar-refractivity contribution in [2.45, 2.75) is 64.6 Å². The van der Waals surface area contributed by atoms with Crippen LogP contribution in [0.2, 0.25) is 0 Å². The Hall–Kier alpha value is -4.60. The van der Waals surface area contributed by atoms with Gasteiger partial charge in [0.15, 0.2) is 17.1 Å². The molecule has 3 aliphatic carbocycles. The molecule has 3 aliphatic rings. The Morgan fingerprint density at radius 3 is 2.21 bits per heavy atom. The normalized spacial score (nSPS) is 23.7. The molecule has 0 spiro atoms. The highest BCUT2D eigenvalue weighted by molar-refractivity contribution is 6.27. The third-order valence-corrected chi connectivity index (χ3v) is 8.73. The van der Waals surface area contributed by atoms with Crippen molar-refractivity contribution in [2.24, 2.45) is 11.8 Å². The summed E-state index contributed by atoms with van der Waals surface area (Å²) in [5.74, 6) is -9.62. The molecule has 0 bridgehead atoms. The van der Waals surface area contributed by atoms with Crippen molar-refractivity contribution in [1.82, 2.24) is 15.5 Å². The topological polar surface area (TPSA) is 215 Å². The lowest BCUT2D eigenvalue weighted by molar-refractivity contribution is -0.153. The predicted octanol–water partition coefficient (Wildman–Crippen LogP) is 0.754. The number of hydrogen-bond donors (Lipinski definition) is 6. The number of nitrogens with one attached hydrogen (secondary N) is 3. The molecule has 4 rings (SSSR count). The molecule has 15 heteroatoms. The number of esters is 1. The maximum Gasteiger partial charge on any atom is 0.308 e. The van der Waals surface area contributed by atoms with E-state index in [9.17, 15) is 44.1 Å². The summed E-state index contributed by atoms with van der Waals surface area (Å²) in [4.78, 5) is 81.2. The molecule has 1 saturated carbocycles. The molecule has 1 aromatic rings. The fourth-order valence-corrected chi connectivity index (χ4v) is 6.76. The van der Waals surface area contributed by atoms with E-state index in [0.29, 0.717) is 11.3 Å². The first kappa shape index (κ1) is 36.2. The van der Waals surface area contributed by atoms with E-state index >= 15 is 0 Å². The second-order valence-corrected chi connectivity index (χ2v) is 13.9. The number of ether oxygens (including phenoxy) is 1. The Kier molecular flexibility index (Phi) is 9.65. The van der Waals surface area contributed by atoms with E-state index in [1.54, 1.807) is 25.1 Å². The summed E-state index contributed by atoms with van der Waals surface area (Å²) in [6.45, 7) is 7.68. The highest BCUT2D eigenvalue weighted by Crippen LogP contribution is 2.55. The number of nitrogens with zero attached hydrogens (tertiary/aromatic N) is 2. The van der Waals surface area contributed by atoms with E-state index in [1.165, 1.54) is 19.0 Å². The average molecular weight is 670 g/mol. The SMILES string of the molecule is CC(=O)NC(=O)C1=C(O)[C@@]2(O)C(=O)C3=C(O)c4c(c(N(C)C)cc(NC(=O)CNC(C)(C)C)c4OC(C)=O)C[C@H]3C[C@H]2[C@H](N(C)C)C1=O. The van der Waals surface area contributed by atoms with Crippen LogP contribution < -0.4 is 25.6 Å². The van der Waals surface area contributed by atoms with Gasteiger partial charge in [0.2, 0.25) is 17.6 Å². The van der Waals surface area contributed by atoms with E-state index in [4.69, 9.17) is 4.74 Å². The molecule has 15 nitrogen and oxygen atoms in total. The molecule has 1 aromatic carbocycles. The standard InChI is InChI=1S/C33H43N5O10/c1-14(39)35-31(46)24-27(43)25(38(8)9)18-11-16-10-17-20(37(6)7)12-19(36-21(41)13-34-32(3,4)5)28(48-15(2)40)23(17)26(42)22(16)29(44)33(18,47)30(24)45/h12,16,18,25,34,42,45,47H,10-11,13H2,1-9H3,(H,36,41)(H,35,39,46)/t16-,18-,25-,33-/m0/s1. The zero-order chi connectivity index (χ0) is 36.2. The lowest BCUT2D eigenvalue weighted by Crippen LogP contribution is -2.66. The molecular weight excluding hydrogens is 626 g/mol. The van der Waals surface area contributed by atoms with Crippen molar-refractivity contribution in [3.8, 4) is 5.75 Å². The largest absolute Gasteiger partial charge is 0.508 e. The third kappa shape index (κ3) is 6.32. The molecule has 6 N–H and O–H groups in total. The summed E-state index contributed by atoms with van der Waals surface area (Å²) in [5, 5.41) is 43.0. The predicted molar refractivity (Wildman–Crippen MR) is 174 cm³/mol. The maximum atomic E-state index is 14.4.